The van der Waals surface area contributed by atoms with Gasteiger partial charge < -0.3 is 15.2 Å². The number of fused-ring (bicyclic) bond motifs is 1. The SMILES string of the molecule is CSCC(CCO)NC1C2CCOC2C1(C)C. The summed E-state index contributed by atoms with van der Waals surface area (Å²) in [4.78, 5) is 0. The molecule has 0 amide bonds. The summed E-state index contributed by atoms with van der Waals surface area (Å²) < 4.78 is 5.80. The Hall–Kier alpha value is 0.230. The highest BCUT2D eigenvalue weighted by Gasteiger charge is 2.59. The predicted molar refractivity (Wildman–Crippen MR) is 72.4 cm³/mol. The quantitative estimate of drug-likeness (QED) is 0.758. The number of aliphatic hydroxyl groups excluding tert-OH is 1. The van der Waals surface area contributed by atoms with E-state index in [4.69, 9.17) is 9.84 Å². The molecule has 2 N–H and O–H groups in total. The van der Waals surface area contributed by atoms with Crippen molar-refractivity contribution in [3.8, 4) is 0 Å². The number of ether oxygens (including phenoxy) is 1. The van der Waals surface area contributed by atoms with E-state index in [0.29, 0.717) is 24.1 Å². The van der Waals surface area contributed by atoms with Crippen LogP contribution in [0.3, 0.4) is 0 Å². The van der Waals surface area contributed by atoms with E-state index in [2.05, 4.69) is 25.4 Å². The lowest BCUT2D eigenvalue weighted by Gasteiger charge is -2.56. The number of nitrogens with one attached hydrogen (secondary N) is 1. The van der Waals surface area contributed by atoms with Crippen molar-refractivity contribution in [3.63, 3.8) is 0 Å². The molecule has 0 aromatic carbocycles. The number of hydrogen-bond acceptors (Lipinski definition) is 4. The summed E-state index contributed by atoms with van der Waals surface area (Å²) in [5.74, 6) is 1.76. The van der Waals surface area contributed by atoms with Crippen molar-refractivity contribution in [3.05, 3.63) is 0 Å². The number of hydrogen-bond donors (Lipinski definition) is 2. The van der Waals surface area contributed by atoms with Crippen molar-refractivity contribution in [2.75, 3.05) is 25.2 Å². The van der Waals surface area contributed by atoms with Gasteiger partial charge >= 0.3 is 0 Å². The zero-order valence-corrected chi connectivity index (χ0v) is 11.9. The lowest BCUT2D eigenvalue weighted by molar-refractivity contribution is -0.115. The molecule has 4 unspecified atom stereocenters. The molecule has 1 saturated heterocycles. The Kier molecular flexibility index (Phi) is 4.40. The third kappa shape index (κ3) is 2.50. The second kappa shape index (κ2) is 5.47. The molecule has 4 atom stereocenters. The fourth-order valence-electron chi connectivity index (χ4n) is 3.49. The van der Waals surface area contributed by atoms with Gasteiger partial charge in [0.1, 0.15) is 0 Å². The normalized spacial score (nSPS) is 36.4. The van der Waals surface area contributed by atoms with Crippen molar-refractivity contribution in [1.29, 1.82) is 0 Å². The Bertz CT molecular complexity index is 254. The minimum atomic E-state index is 0.243. The lowest BCUT2D eigenvalue weighted by Crippen LogP contribution is -2.67. The molecule has 0 radical (unpaired) electrons. The molecule has 4 heteroatoms. The fraction of sp³-hybridized carbons (Fsp3) is 1.00. The van der Waals surface area contributed by atoms with Gasteiger partial charge in [0, 0.05) is 42.4 Å². The van der Waals surface area contributed by atoms with Gasteiger partial charge in [0.2, 0.25) is 0 Å². The van der Waals surface area contributed by atoms with Crippen LogP contribution in [0.1, 0.15) is 26.7 Å². The smallest absolute Gasteiger partial charge is 0.0685 e. The predicted octanol–water partition coefficient (Wildman–Crippen LogP) is 1.50. The maximum absolute atomic E-state index is 9.11. The van der Waals surface area contributed by atoms with Gasteiger partial charge in [-0.05, 0) is 19.1 Å². The van der Waals surface area contributed by atoms with Crippen molar-refractivity contribution in [1.82, 2.24) is 5.32 Å². The molecule has 1 heterocycles. The van der Waals surface area contributed by atoms with Gasteiger partial charge in [-0.3, -0.25) is 0 Å². The van der Waals surface area contributed by atoms with Crippen LogP contribution in [-0.2, 0) is 4.74 Å². The van der Waals surface area contributed by atoms with Crippen LogP contribution in [-0.4, -0.2) is 48.5 Å². The standard InChI is InChI=1S/C13H25NO2S/c1-13(2)11(10-5-7-16-12(10)13)14-9(4-6-15)8-17-3/h9-12,14-15H,4-8H2,1-3H3. The van der Waals surface area contributed by atoms with Gasteiger partial charge in [-0.25, -0.2) is 0 Å². The second-order valence-corrected chi connectivity index (χ2v) is 6.78. The van der Waals surface area contributed by atoms with Gasteiger partial charge in [0.05, 0.1) is 6.10 Å². The van der Waals surface area contributed by atoms with Gasteiger partial charge in [-0.1, -0.05) is 13.8 Å². The molecule has 2 rings (SSSR count). The third-order valence-electron chi connectivity index (χ3n) is 4.36. The molecule has 100 valence electrons. The first-order valence-electron chi connectivity index (χ1n) is 6.58. The number of aliphatic hydroxyl groups is 1. The van der Waals surface area contributed by atoms with Crippen molar-refractivity contribution in [2.24, 2.45) is 11.3 Å². The Morgan fingerprint density at radius 2 is 2.29 bits per heavy atom. The number of rotatable bonds is 6. The first-order chi connectivity index (χ1) is 8.11. The van der Waals surface area contributed by atoms with Crippen LogP contribution in [0.5, 0.6) is 0 Å². The van der Waals surface area contributed by atoms with Crippen LogP contribution in [0.15, 0.2) is 0 Å². The van der Waals surface area contributed by atoms with Crippen LogP contribution in [0, 0.1) is 11.3 Å². The molecule has 0 bridgehead atoms. The molecule has 1 aliphatic carbocycles. The molecule has 1 aliphatic heterocycles. The van der Waals surface area contributed by atoms with Crippen LogP contribution in [0.2, 0.25) is 0 Å². The molecule has 3 nitrogen and oxygen atoms in total. The average Bonchev–Trinajstić information content (AvgIpc) is 2.73. The molecule has 2 aliphatic rings. The third-order valence-corrected chi connectivity index (χ3v) is 5.10. The first kappa shape index (κ1) is 13.7. The summed E-state index contributed by atoms with van der Waals surface area (Å²) in [6, 6.07) is 0.986. The van der Waals surface area contributed by atoms with E-state index in [9.17, 15) is 0 Å². The lowest BCUT2D eigenvalue weighted by atomic mass is 9.57. The first-order valence-corrected chi connectivity index (χ1v) is 7.98. The minimum absolute atomic E-state index is 0.243. The van der Waals surface area contributed by atoms with Gasteiger partial charge in [0.25, 0.3) is 0 Å². The topological polar surface area (TPSA) is 41.5 Å². The molecular weight excluding hydrogens is 234 g/mol. The van der Waals surface area contributed by atoms with E-state index in [-0.39, 0.29) is 12.0 Å². The Balaban J connectivity index is 1.92. The summed E-state index contributed by atoms with van der Waals surface area (Å²) in [5, 5.41) is 12.9. The fourth-order valence-corrected chi connectivity index (χ4v) is 4.15. The van der Waals surface area contributed by atoms with E-state index in [0.717, 1.165) is 18.8 Å². The van der Waals surface area contributed by atoms with Gasteiger partial charge in [-0.15, -0.1) is 0 Å². The molecule has 0 aromatic heterocycles. The van der Waals surface area contributed by atoms with E-state index >= 15 is 0 Å². The summed E-state index contributed by atoms with van der Waals surface area (Å²) >= 11 is 1.85. The molecule has 0 spiro atoms. The van der Waals surface area contributed by atoms with E-state index in [1.165, 1.54) is 6.42 Å². The maximum Gasteiger partial charge on any atom is 0.0685 e. The van der Waals surface area contributed by atoms with E-state index in [1.54, 1.807) is 0 Å². The van der Waals surface area contributed by atoms with Gasteiger partial charge in [-0.2, -0.15) is 11.8 Å². The molecule has 0 aromatic rings. The Labute approximate surface area is 109 Å². The van der Waals surface area contributed by atoms with Crippen molar-refractivity contribution >= 4 is 11.8 Å². The van der Waals surface area contributed by atoms with Crippen molar-refractivity contribution in [2.45, 2.75) is 44.9 Å². The average molecular weight is 259 g/mol. The van der Waals surface area contributed by atoms with Crippen molar-refractivity contribution < 1.29 is 9.84 Å². The van der Waals surface area contributed by atoms with Crippen LogP contribution < -0.4 is 5.32 Å². The van der Waals surface area contributed by atoms with Crippen LogP contribution in [0.4, 0.5) is 0 Å². The van der Waals surface area contributed by atoms with Crippen LogP contribution in [0.25, 0.3) is 0 Å². The molecule has 2 fully saturated rings. The highest BCUT2D eigenvalue weighted by atomic mass is 32.2. The maximum atomic E-state index is 9.11. The summed E-state index contributed by atoms with van der Waals surface area (Å²) in [6.45, 7) is 5.79. The summed E-state index contributed by atoms with van der Waals surface area (Å²) in [6.07, 6.45) is 4.62. The number of thioether (sulfide) groups is 1. The Morgan fingerprint density at radius 3 is 2.94 bits per heavy atom. The largest absolute Gasteiger partial charge is 0.396 e. The highest BCUT2D eigenvalue weighted by Crippen LogP contribution is 2.52. The molecular formula is C13H25NO2S. The summed E-state index contributed by atoms with van der Waals surface area (Å²) in [7, 11) is 0. The van der Waals surface area contributed by atoms with E-state index in [1.807, 2.05) is 11.8 Å². The highest BCUT2D eigenvalue weighted by molar-refractivity contribution is 7.98. The second-order valence-electron chi connectivity index (χ2n) is 5.87. The zero-order valence-electron chi connectivity index (χ0n) is 11.1. The minimum Gasteiger partial charge on any atom is -0.396 e. The van der Waals surface area contributed by atoms with E-state index < -0.39 is 0 Å². The molecule has 1 saturated carbocycles. The monoisotopic (exact) mass is 259 g/mol. The summed E-state index contributed by atoms with van der Waals surface area (Å²) in [5.41, 5.74) is 0.243. The van der Waals surface area contributed by atoms with Crippen LogP contribution >= 0.6 is 11.8 Å². The zero-order chi connectivity index (χ0) is 12.5. The Morgan fingerprint density at radius 1 is 1.53 bits per heavy atom. The van der Waals surface area contributed by atoms with Gasteiger partial charge in [0.15, 0.2) is 0 Å². The molecule has 17 heavy (non-hydrogen) atoms.